The first-order valence-corrected chi connectivity index (χ1v) is 5.32. The number of amides is 1. The summed E-state index contributed by atoms with van der Waals surface area (Å²) in [5.41, 5.74) is -2.02. The summed E-state index contributed by atoms with van der Waals surface area (Å²) in [5, 5.41) is 19.1. The quantitative estimate of drug-likeness (QED) is 0.834. The van der Waals surface area contributed by atoms with Gasteiger partial charge in [0.25, 0.3) is 0 Å². The summed E-state index contributed by atoms with van der Waals surface area (Å²) < 4.78 is 38.4. The number of rotatable bonds is 3. The van der Waals surface area contributed by atoms with Crippen LogP contribution in [0.3, 0.4) is 0 Å². The van der Waals surface area contributed by atoms with Gasteiger partial charge in [0.1, 0.15) is 5.92 Å². The van der Waals surface area contributed by atoms with Gasteiger partial charge < -0.3 is 10.4 Å². The number of carbonyl (C=O) groups excluding carboxylic acids is 1. The van der Waals surface area contributed by atoms with Crippen molar-refractivity contribution in [2.24, 2.45) is 5.92 Å². The topological polar surface area (TPSA) is 90.2 Å². The van der Waals surface area contributed by atoms with E-state index in [1.807, 2.05) is 5.32 Å². The Labute approximate surface area is 111 Å². The van der Waals surface area contributed by atoms with Gasteiger partial charge in [-0.15, -0.1) is 0 Å². The van der Waals surface area contributed by atoms with Gasteiger partial charge in [0.05, 0.1) is 22.9 Å². The fourth-order valence-corrected chi connectivity index (χ4v) is 1.31. The molecule has 2 N–H and O–H groups in total. The molecule has 8 heteroatoms. The minimum absolute atomic E-state index is 0.221. The maximum absolute atomic E-state index is 12.8. The molecular formula is C12H9F3N2O3. The second-order valence-electron chi connectivity index (χ2n) is 3.92. The van der Waals surface area contributed by atoms with Crippen LogP contribution in [0.1, 0.15) is 18.1 Å². The number of carboxylic acid groups (broad SMARTS) is 1. The molecule has 0 radical (unpaired) electrons. The highest BCUT2D eigenvalue weighted by Crippen LogP contribution is 2.35. The first-order chi connectivity index (χ1) is 9.16. The third kappa shape index (κ3) is 3.47. The first-order valence-electron chi connectivity index (χ1n) is 5.32. The number of carboxylic acids is 1. The number of carbonyl (C=O) groups is 2. The first kappa shape index (κ1) is 15.5. The molecule has 0 aliphatic heterocycles. The van der Waals surface area contributed by atoms with Gasteiger partial charge >= 0.3 is 12.1 Å². The summed E-state index contributed by atoms with van der Waals surface area (Å²) in [6.45, 7) is 1.05. The molecule has 1 rings (SSSR count). The van der Waals surface area contributed by atoms with Crippen LogP contribution in [-0.4, -0.2) is 17.0 Å². The monoisotopic (exact) mass is 286 g/mol. The molecule has 1 aromatic rings. The van der Waals surface area contributed by atoms with Gasteiger partial charge in [0.2, 0.25) is 5.91 Å². The molecule has 0 bridgehead atoms. The Hall–Kier alpha value is -2.56. The lowest BCUT2D eigenvalue weighted by Crippen LogP contribution is -2.28. The molecule has 1 aromatic carbocycles. The predicted molar refractivity (Wildman–Crippen MR) is 61.6 cm³/mol. The molecule has 0 saturated heterocycles. The maximum Gasteiger partial charge on any atom is 0.418 e. The third-order valence-corrected chi connectivity index (χ3v) is 2.48. The zero-order chi connectivity index (χ0) is 15.5. The average Bonchev–Trinajstić information content (AvgIpc) is 2.36. The molecule has 20 heavy (non-hydrogen) atoms. The van der Waals surface area contributed by atoms with Crippen molar-refractivity contribution in [2.45, 2.75) is 13.1 Å². The van der Waals surface area contributed by atoms with Gasteiger partial charge in [-0.1, -0.05) is 0 Å². The summed E-state index contributed by atoms with van der Waals surface area (Å²) in [7, 11) is 0. The van der Waals surface area contributed by atoms with E-state index in [4.69, 9.17) is 10.4 Å². The molecule has 0 saturated carbocycles. The number of alkyl halides is 3. The van der Waals surface area contributed by atoms with E-state index in [1.165, 1.54) is 0 Å². The van der Waals surface area contributed by atoms with E-state index in [9.17, 15) is 22.8 Å². The lowest BCUT2D eigenvalue weighted by Gasteiger charge is -2.15. The number of nitriles is 1. The molecule has 5 nitrogen and oxygen atoms in total. The summed E-state index contributed by atoms with van der Waals surface area (Å²) in [4.78, 5) is 22.1. The Morgan fingerprint density at radius 1 is 1.40 bits per heavy atom. The van der Waals surface area contributed by atoms with Crippen LogP contribution in [0.25, 0.3) is 0 Å². The minimum atomic E-state index is -4.78. The van der Waals surface area contributed by atoms with E-state index in [0.717, 1.165) is 19.1 Å². The number of anilines is 1. The van der Waals surface area contributed by atoms with E-state index < -0.39 is 35.2 Å². The second-order valence-corrected chi connectivity index (χ2v) is 3.92. The summed E-state index contributed by atoms with van der Waals surface area (Å²) >= 11 is 0. The zero-order valence-corrected chi connectivity index (χ0v) is 10.2. The van der Waals surface area contributed by atoms with Gasteiger partial charge in [-0.3, -0.25) is 9.59 Å². The van der Waals surface area contributed by atoms with Crippen molar-refractivity contribution in [1.82, 2.24) is 0 Å². The lowest BCUT2D eigenvalue weighted by molar-refractivity contribution is -0.144. The lowest BCUT2D eigenvalue weighted by atomic mass is 10.1. The largest absolute Gasteiger partial charge is 0.481 e. The normalized spacial score (nSPS) is 12.3. The van der Waals surface area contributed by atoms with Crippen LogP contribution in [0.15, 0.2) is 18.2 Å². The van der Waals surface area contributed by atoms with Crippen LogP contribution in [0, 0.1) is 17.2 Å². The maximum atomic E-state index is 12.8. The van der Waals surface area contributed by atoms with Gasteiger partial charge in [0, 0.05) is 0 Å². The molecule has 0 heterocycles. The summed E-state index contributed by atoms with van der Waals surface area (Å²) in [6, 6.07) is 4.14. The molecule has 0 aromatic heterocycles. The van der Waals surface area contributed by atoms with Gasteiger partial charge in [-0.25, -0.2) is 0 Å². The molecule has 0 aliphatic carbocycles. The summed E-state index contributed by atoms with van der Waals surface area (Å²) in [6.07, 6.45) is -4.78. The van der Waals surface area contributed by atoms with Crippen molar-refractivity contribution < 1.29 is 27.9 Å². The van der Waals surface area contributed by atoms with E-state index in [-0.39, 0.29) is 5.56 Å². The number of hydrogen-bond donors (Lipinski definition) is 2. The standard InChI is InChI=1S/C12H9F3N2O3/c1-6(11(19)20)10(18)17-9-3-2-7(5-16)4-8(9)12(13,14)15/h2-4,6H,1H3,(H,17,18)(H,19,20). The molecule has 1 atom stereocenters. The average molecular weight is 286 g/mol. The van der Waals surface area contributed by atoms with Gasteiger partial charge in [0.15, 0.2) is 0 Å². The highest BCUT2D eigenvalue weighted by atomic mass is 19.4. The Balaban J connectivity index is 3.16. The smallest absolute Gasteiger partial charge is 0.418 e. The van der Waals surface area contributed by atoms with E-state index in [0.29, 0.717) is 6.07 Å². The van der Waals surface area contributed by atoms with Gasteiger partial charge in [-0.2, -0.15) is 18.4 Å². The molecule has 1 amide bonds. The van der Waals surface area contributed by atoms with Gasteiger partial charge in [-0.05, 0) is 25.1 Å². The Morgan fingerprint density at radius 3 is 2.45 bits per heavy atom. The van der Waals surface area contributed by atoms with Crippen LogP contribution in [0.4, 0.5) is 18.9 Å². The highest BCUT2D eigenvalue weighted by Gasteiger charge is 2.35. The Bertz CT molecular complexity index is 591. The fourth-order valence-electron chi connectivity index (χ4n) is 1.31. The van der Waals surface area contributed by atoms with E-state index in [1.54, 1.807) is 6.07 Å². The molecule has 1 unspecified atom stereocenters. The molecule has 106 valence electrons. The highest BCUT2D eigenvalue weighted by molar-refractivity contribution is 6.04. The predicted octanol–water partition coefficient (Wildman–Crippen LogP) is 2.24. The minimum Gasteiger partial charge on any atom is -0.481 e. The number of nitrogens with zero attached hydrogens (tertiary/aromatic N) is 1. The Kier molecular flexibility index (Phi) is 4.34. The third-order valence-electron chi connectivity index (χ3n) is 2.48. The van der Waals surface area contributed by atoms with Crippen molar-refractivity contribution in [1.29, 1.82) is 5.26 Å². The molecule has 0 fully saturated rings. The number of benzene rings is 1. The van der Waals surface area contributed by atoms with Crippen molar-refractivity contribution >= 4 is 17.6 Å². The van der Waals surface area contributed by atoms with Crippen molar-refractivity contribution in [2.75, 3.05) is 5.32 Å². The van der Waals surface area contributed by atoms with Crippen LogP contribution in [-0.2, 0) is 15.8 Å². The van der Waals surface area contributed by atoms with Crippen molar-refractivity contribution in [3.63, 3.8) is 0 Å². The number of aliphatic carboxylic acids is 1. The van der Waals surface area contributed by atoms with Crippen LogP contribution < -0.4 is 5.32 Å². The number of hydrogen-bond acceptors (Lipinski definition) is 3. The summed E-state index contributed by atoms with van der Waals surface area (Å²) in [5.74, 6) is -4.02. The van der Waals surface area contributed by atoms with Crippen molar-refractivity contribution in [3.8, 4) is 6.07 Å². The van der Waals surface area contributed by atoms with Crippen LogP contribution >= 0.6 is 0 Å². The molecule has 0 aliphatic rings. The van der Waals surface area contributed by atoms with E-state index >= 15 is 0 Å². The van der Waals surface area contributed by atoms with E-state index in [2.05, 4.69) is 0 Å². The SMILES string of the molecule is CC(C(=O)O)C(=O)Nc1ccc(C#N)cc1C(F)(F)F. The number of nitrogens with one attached hydrogen (secondary N) is 1. The van der Waals surface area contributed by atoms with Crippen LogP contribution in [0.2, 0.25) is 0 Å². The van der Waals surface area contributed by atoms with Crippen molar-refractivity contribution in [3.05, 3.63) is 29.3 Å². The van der Waals surface area contributed by atoms with Crippen LogP contribution in [0.5, 0.6) is 0 Å². The number of halogens is 3. The second kappa shape index (κ2) is 5.61. The molecule has 0 spiro atoms. The zero-order valence-electron chi connectivity index (χ0n) is 10.2. The Morgan fingerprint density at radius 2 is 2.00 bits per heavy atom. The molecular weight excluding hydrogens is 277 g/mol. The fraction of sp³-hybridized carbons (Fsp3) is 0.250.